The largest absolute Gasteiger partial charge is 0.481 e. The summed E-state index contributed by atoms with van der Waals surface area (Å²) >= 11 is 0. The quantitative estimate of drug-likeness (QED) is 0.848. The zero-order chi connectivity index (χ0) is 15.7. The Kier molecular flexibility index (Phi) is 4.11. The van der Waals surface area contributed by atoms with Gasteiger partial charge in [-0.3, -0.25) is 14.4 Å². The number of aryl methyl sites for hydroxylation is 2. The van der Waals surface area contributed by atoms with Gasteiger partial charge in [-0.25, -0.2) is 4.68 Å². The molecule has 1 aromatic heterocycles. The van der Waals surface area contributed by atoms with Crippen LogP contribution in [0.4, 0.5) is 0 Å². The Balaban J connectivity index is 2.37. The summed E-state index contributed by atoms with van der Waals surface area (Å²) in [4.78, 5) is 37.3. The lowest BCUT2D eigenvalue weighted by Crippen LogP contribution is -2.45. The first-order valence-corrected chi connectivity index (χ1v) is 6.89. The maximum absolute atomic E-state index is 12.6. The van der Waals surface area contributed by atoms with E-state index in [1.54, 1.807) is 13.8 Å². The second-order valence-corrected chi connectivity index (χ2v) is 5.44. The van der Waals surface area contributed by atoms with Crippen molar-refractivity contribution in [3.8, 4) is 0 Å². The number of likely N-dealkylation sites (tertiary alicyclic amines) is 1. The second-order valence-electron chi connectivity index (χ2n) is 5.44. The first-order valence-electron chi connectivity index (χ1n) is 6.89. The van der Waals surface area contributed by atoms with Crippen LogP contribution >= 0.6 is 0 Å². The number of carbonyl (C=O) groups excluding carboxylic acids is 1. The van der Waals surface area contributed by atoms with Gasteiger partial charge in [0.15, 0.2) is 0 Å². The van der Waals surface area contributed by atoms with E-state index in [1.807, 2.05) is 0 Å². The fraction of sp³-hybridized carbons (Fsp3) is 0.571. The number of piperidine rings is 1. The van der Waals surface area contributed by atoms with Crippen molar-refractivity contribution in [1.29, 1.82) is 0 Å². The Morgan fingerprint density at radius 2 is 2.00 bits per heavy atom. The van der Waals surface area contributed by atoms with Gasteiger partial charge in [0.1, 0.15) is 5.56 Å². The SMILES string of the molecule is Cc1nn(C)c(=O)c(C(=O)N2CCC[C@H](C(=O)O)C2)c1C. The van der Waals surface area contributed by atoms with E-state index < -0.39 is 23.4 Å². The van der Waals surface area contributed by atoms with Crippen molar-refractivity contribution in [2.75, 3.05) is 13.1 Å². The minimum atomic E-state index is -0.900. The summed E-state index contributed by atoms with van der Waals surface area (Å²) in [7, 11) is 1.50. The topological polar surface area (TPSA) is 92.5 Å². The highest BCUT2D eigenvalue weighted by molar-refractivity contribution is 5.95. The number of carboxylic acid groups (broad SMARTS) is 1. The Bertz CT molecular complexity index is 650. The Morgan fingerprint density at radius 1 is 1.33 bits per heavy atom. The van der Waals surface area contributed by atoms with E-state index in [0.717, 1.165) is 4.68 Å². The maximum Gasteiger partial charge on any atom is 0.308 e. The first kappa shape index (κ1) is 15.2. The zero-order valence-electron chi connectivity index (χ0n) is 12.4. The number of hydrogen-bond acceptors (Lipinski definition) is 4. The maximum atomic E-state index is 12.6. The first-order chi connectivity index (χ1) is 9.82. The summed E-state index contributed by atoms with van der Waals surface area (Å²) in [5.74, 6) is -1.86. The van der Waals surface area contributed by atoms with Crippen LogP contribution in [0.3, 0.4) is 0 Å². The normalized spacial score (nSPS) is 18.6. The molecular weight excluding hydrogens is 274 g/mol. The van der Waals surface area contributed by atoms with Crippen LogP contribution in [0.1, 0.15) is 34.5 Å². The molecule has 0 aromatic carbocycles. The van der Waals surface area contributed by atoms with Crippen molar-refractivity contribution >= 4 is 11.9 Å². The Hall–Kier alpha value is -2.18. The predicted molar refractivity (Wildman–Crippen MR) is 75.2 cm³/mol. The van der Waals surface area contributed by atoms with Gasteiger partial charge in [0.2, 0.25) is 0 Å². The number of aliphatic carboxylic acids is 1. The average molecular weight is 293 g/mol. The molecule has 7 nitrogen and oxygen atoms in total. The van der Waals surface area contributed by atoms with Crippen LogP contribution in [0, 0.1) is 19.8 Å². The van der Waals surface area contributed by atoms with Crippen LogP contribution in [0.5, 0.6) is 0 Å². The summed E-state index contributed by atoms with van der Waals surface area (Å²) in [6.45, 7) is 4.06. The molecule has 1 saturated heterocycles. The van der Waals surface area contributed by atoms with Gasteiger partial charge in [0.25, 0.3) is 11.5 Å². The molecule has 0 bridgehead atoms. The van der Waals surface area contributed by atoms with Gasteiger partial charge >= 0.3 is 5.97 Å². The summed E-state index contributed by atoms with van der Waals surface area (Å²) in [6.07, 6.45) is 1.19. The number of nitrogens with zero attached hydrogens (tertiary/aromatic N) is 3. The number of rotatable bonds is 2. The van der Waals surface area contributed by atoms with Crippen molar-refractivity contribution in [1.82, 2.24) is 14.7 Å². The summed E-state index contributed by atoms with van der Waals surface area (Å²) in [6, 6.07) is 0. The molecule has 2 heterocycles. The third kappa shape index (κ3) is 2.81. The molecule has 1 aliphatic heterocycles. The minimum Gasteiger partial charge on any atom is -0.481 e. The molecule has 1 atom stereocenters. The summed E-state index contributed by atoms with van der Waals surface area (Å²) < 4.78 is 1.15. The molecule has 21 heavy (non-hydrogen) atoms. The molecule has 1 amide bonds. The molecule has 7 heteroatoms. The smallest absolute Gasteiger partial charge is 0.308 e. The molecule has 1 N–H and O–H groups in total. The molecule has 1 fully saturated rings. The lowest BCUT2D eigenvalue weighted by atomic mass is 9.97. The number of amides is 1. The predicted octanol–water partition coefficient (Wildman–Crippen LogP) is 0.334. The van der Waals surface area contributed by atoms with Gasteiger partial charge in [0.05, 0.1) is 11.6 Å². The van der Waals surface area contributed by atoms with E-state index in [-0.39, 0.29) is 12.1 Å². The second kappa shape index (κ2) is 5.67. The van der Waals surface area contributed by atoms with Gasteiger partial charge in [-0.2, -0.15) is 5.10 Å². The minimum absolute atomic E-state index is 0.0936. The van der Waals surface area contributed by atoms with Crippen molar-refractivity contribution in [2.24, 2.45) is 13.0 Å². The van der Waals surface area contributed by atoms with E-state index in [2.05, 4.69) is 5.10 Å². The van der Waals surface area contributed by atoms with Crippen molar-refractivity contribution in [3.05, 3.63) is 27.2 Å². The molecular formula is C14H19N3O4. The van der Waals surface area contributed by atoms with Crippen LogP contribution in [0.15, 0.2) is 4.79 Å². The third-order valence-electron chi connectivity index (χ3n) is 4.00. The number of aromatic nitrogens is 2. The third-order valence-corrected chi connectivity index (χ3v) is 4.00. The molecule has 0 aliphatic carbocycles. The molecule has 114 valence electrons. The lowest BCUT2D eigenvalue weighted by Gasteiger charge is -2.31. The number of carbonyl (C=O) groups is 2. The highest BCUT2D eigenvalue weighted by atomic mass is 16.4. The Morgan fingerprint density at radius 3 is 2.62 bits per heavy atom. The summed E-state index contributed by atoms with van der Waals surface area (Å²) in [5.41, 5.74) is 0.823. The molecule has 2 rings (SSSR count). The summed E-state index contributed by atoms with van der Waals surface area (Å²) in [5, 5.41) is 13.1. The number of carboxylic acids is 1. The molecule has 1 aliphatic rings. The molecule has 0 radical (unpaired) electrons. The van der Waals surface area contributed by atoms with E-state index in [1.165, 1.54) is 11.9 Å². The van der Waals surface area contributed by atoms with E-state index in [4.69, 9.17) is 5.11 Å². The van der Waals surface area contributed by atoms with Crippen LogP contribution in [-0.2, 0) is 11.8 Å². The molecule has 1 aromatic rings. The fourth-order valence-corrected chi connectivity index (χ4v) is 2.62. The average Bonchev–Trinajstić information content (AvgIpc) is 2.45. The molecule has 0 unspecified atom stereocenters. The van der Waals surface area contributed by atoms with Crippen LogP contribution < -0.4 is 5.56 Å². The van der Waals surface area contributed by atoms with Crippen LogP contribution in [-0.4, -0.2) is 44.8 Å². The van der Waals surface area contributed by atoms with Crippen LogP contribution in [0.2, 0.25) is 0 Å². The van der Waals surface area contributed by atoms with Gasteiger partial charge in [-0.05, 0) is 32.3 Å². The Labute approximate surface area is 122 Å². The lowest BCUT2D eigenvalue weighted by molar-refractivity contribution is -0.143. The van der Waals surface area contributed by atoms with E-state index in [0.29, 0.717) is 30.6 Å². The molecule has 0 spiro atoms. The van der Waals surface area contributed by atoms with Crippen molar-refractivity contribution < 1.29 is 14.7 Å². The fourth-order valence-electron chi connectivity index (χ4n) is 2.62. The number of hydrogen-bond donors (Lipinski definition) is 1. The van der Waals surface area contributed by atoms with Crippen LogP contribution in [0.25, 0.3) is 0 Å². The molecule has 0 saturated carbocycles. The van der Waals surface area contributed by atoms with Gasteiger partial charge in [-0.1, -0.05) is 0 Å². The monoisotopic (exact) mass is 293 g/mol. The zero-order valence-corrected chi connectivity index (χ0v) is 12.4. The highest BCUT2D eigenvalue weighted by Crippen LogP contribution is 2.19. The standard InChI is InChI=1S/C14H19N3O4/c1-8-9(2)15-16(3)12(18)11(8)13(19)17-6-4-5-10(7-17)14(20)21/h10H,4-7H2,1-3H3,(H,20,21)/t10-/m0/s1. The van der Waals surface area contributed by atoms with E-state index >= 15 is 0 Å². The van der Waals surface area contributed by atoms with E-state index in [9.17, 15) is 14.4 Å². The van der Waals surface area contributed by atoms with Crippen molar-refractivity contribution in [2.45, 2.75) is 26.7 Å². The van der Waals surface area contributed by atoms with Crippen molar-refractivity contribution in [3.63, 3.8) is 0 Å². The van der Waals surface area contributed by atoms with Gasteiger partial charge in [0, 0.05) is 20.1 Å². The highest BCUT2D eigenvalue weighted by Gasteiger charge is 2.31. The van der Waals surface area contributed by atoms with Gasteiger partial charge < -0.3 is 10.0 Å². The van der Waals surface area contributed by atoms with Gasteiger partial charge in [-0.15, -0.1) is 0 Å².